The molecule has 1 aliphatic carbocycles. The van der Waals surface area contributed by atoms with Crippen molar-refractivity contribution in [3.05, 3.63) is 40.9 Å². The Balaban J connectivity index is 1.49. The van der Waals surface area contributed by atoms with Crippen LogP contribution in [0.3, 0.4) is 0 Å². The molecular formula is C17H19ClN2O. The number of anilines is 1. The molecule has 1 aromatic rings. The number of carbonyl (C=O) groups excluding carboxylic acids is 1. The van der Waals surface area contributed by atoms with E-state index in [1.165, 1.54) is 25.0 Å². The monoisotopic (exact) mass is 302 g/mol. The van der Waals surface area contributed by atoms with Crippen molar-refractivity contribution in [1.82, 2.24) is 4.90 Å². The molecule has 110 valence electrons. The molecule has 3 nitrogen and oxygen atoms in total. The van der Waals surface area contributed by atoms with Crippen molar-refractivity contribution in [3.8, 4) is 0 Å². The molecule has 1 saturated carbocycles. The Hall–Kier alpha value is -1.32. The number of benzene rings is 1. The van der Waals surface area contributed by atoms with Gasteiger partial charge in [-0.15, -0.1) is 0 Å². The van der Waals surface area contributed by atoms with Gasteiger partial charge in [-0.1, -0.05) is 17.2 Å². The third-order valence-electron chi connectivity index (χ3n) is 5.06. The maximum absolute atomic E-state index is 12.3. The molecule has 0 spiro atoms. The van der Waals surface area contributed by atoms with Crippen LogP contribution in [0.15, 0.2) is 35.9 Å². The Morgan fingerprint density at radius 3 is 2.43 bits per heavy atom. The minimum absolute atomic E-state index is 0.00482. The van der Waals surface area contributed by atoms with Gasteiger partial charge in [0.15, 0.2) is 0 Å². The number of rotatable bonds is 2. The topological polar surface area (TPSA) is 32.3 Å². The van der Waals surface area contributed by atoms with Gasteiger partial charge in [-0.3, -0.25) is 4.79 Å². The van der Waals surface area contributed by atoms with Gasteiger partial charge >= 0.3 is 0 Å². The fourth-order valence-electron chi connectivity index (χ4n) is 4.33. The standard InChI is InChI=1S/C17H19ClN2O/c18-14-1-3-15(4-2-14)19-17(21)7-16-12-5-11-6-13(16)10-20(8-11)9-12/h1-4,7,11-13H,5-6,8-10H2,(H,19,21). The molecule has 2 unspecified atom stereocenters. The van der Waals surface area contributed by atoms with Gasteiger partial charge in [0.25, 0.3) is 0 Å². The average Bonchev–Trinajstić information content (AvgIpc) is 2.45. The lowest BCUT2D eigenvalue weighted by Crippen LogP contribution is -2.54. The maximum atomic E-state index is 12.3. The largest absolute Gasteiger partial charge is 0.323 e. The van der Waals surface area contributed by atoms with Crippen LogP contribution >= 0.6 is 11.6 Å². The molecule has 4 fully saturated rings. The summed E-state index contributed by atoms with van der Waals surface area (Å²) >= 11 is 5.86. The van der Waals surface area contributed by atoms with E-state index in [1.807, 2.05) is 18.2 Å². The molecule has 1 N–H and O–H groups in total. The Morgan fingerprint density at radius 1 is 1.14 bits per heavy atom. The van der Waals surface area contributed by atoms with Gasteiger partial charge in [0.2, 0.25) is 5.91 Å². The summed E-state index contributed by atoms with van der Waals surface area (Å²) in [5.74, 6) is 2.06. The van der Waals surface area contributed by atoms with Crippen molar-refractivity contribution in [1.29, 1.82) is 0 Å². The van der Waals surface area contributed by atoms with E-state index in [2.05, 4.69) is 10.2 Å². The summed E-state index contributed by atoms with van der Waals surface area (Å²) in [7, 11) is 0. The van der Waals surface area contributed by atoms with E-state index in [0.29, 0.717) is 16.9 Å². The van der Waals surface area contributed by atoms with Gasteiger partial charge in [0, 0.05) is 36.4 Å². The predicted molar refractivity (Wildman–Crippen MR) is 84.3 cm³/mol. The SMILES string of the molecule is O=C(C=C1C2CC3CC1CN(C3)C2)Nc1ccc(Cl)cc1. The Kier molecular flexibility index (Phi) is 3.27. The summed E-state index contributed by atoms with van der Waals surface area (Å²) in [5.41, 5.74) is 2.18. The molecule has 2 atom stereocenters. The first-order valence-corrected chi connectivity index (χ1v) is 8.05. The van der Waals surface area contributed by atoms with Crippen molar-refractivity contribution < 1.29 is 4.79 Å². The highest BCUT2D eigenvalue weighted by Gasteiger charge is 2.44. The highest BCUT2D eigenvalue weighted by atomic mass is 35.5. The third kappa shape index (κ3) is 2.60. The van der Waals surface area contributed by atoms with Crippen LogP contribution in [0, 0.1) is 17.8 Å². The van der Waals surface area contributed by atoms with Crippen LogP contribution in [0.2, 0.25) is 5.02 Å². The van der Waals surface area contributed by atoms with E-state index in [0.717, 1.165) is 24.7 Å². The van der Waals surface area contributed by atoms with Crippen molar-refractivity contribution in [2.45, 2.75) is 12.8 Å². The van der Waals surface area contributed by atoms with E-state index in [1.54, 1.807) is 12.1 Å². The van der Waals surface area contributed by atoms with E-state index in [-0.39, 0.29) is 5.91 Å². The van der Waals surface area contributed by atoms with Crippen LogP contribution in [0.25, 0.3) is 0 Å². The number of halogens is 1. The summed E-state index contributed by atoms with van der Waals surface area (Å²) in [6.45, 7) is 3.57. The molecule has 0 radical (unpaired) electrons. The summed E-state index contributed by atoms with van der Waals surface area (Å²) in [6, 6.07) is 7.25. The van der Waals surface area contributed by atoms with Gasteiger partial charge in [-0.25, -0.2) is 0 Å². The van der Waals surface area contributed by atoms with Crippen LogP contribution < -0.4 is 5.32 Å². The number of amides is 1. The van der Waals surface area contributed by atoms with E-state index >= 15 is 0 Å². The van der Waals surface area contributed by atoms with Gasteiger partial charge in [-0.2, -0.15) is 0 Å². The molecular weight excluding hydrogens is 284 g/mol. The summed E-state index contributed by atoms with van der Waals surface area (Å²) in [5, 5.41) is 3.62. The Bertz CT molecular complexity index is 563. The van der Waals surface area contributed by atoms with E-state index in [9.17, 15) is 4.79 Å². The van der Waals surface area contributed by atoms with E-state index < -0.39 is 0 Å². The van der Waals surface area contributed by atoms with Gasteiger partial charge in [0.1, 0.15) is 0 Å². The number of hydrogen-bond donors (Lipinski definition) is 1. The van der Waals surface area contributed by atoms with Crippen molar-refractivity contribution in [2.75, 3.05) is 25.0 Å². The Labute approximate surface area is 130 Å². The van der Waals surface area contributed by atoms with Crippen LogP contribution in [0.4, 0.5) is 5.69 Å². The highest BCUT2D eigenvalue weighted by molar-refractivity contribution is 6.30. The molecule has 0 aromatic heterocycles. The summed E-state index contributed by atoms with van der Waals surface area (Å²) in [6.07, 6.45) is 4.41. The zero-order valence-electron chi connectivity index (χ0n) is 11.9. The smallest absolute Gasteiger partial charge is 0.248 e. The quantitative estimate of drug-likeness (QED) is 0.851. The predicted octanol–water partition coefficient (Wildman–Crippen LogP) is 3.18. The van der Waals surface area contributed by atoms with Gasteiger partial charge < -0.3 is 10.2 Å². The van der Waals surface area contributed by atoms with E-state index in [4.69, 9.17) is 11.6 Å². The summed E-state index contributed by atoms with van der Waals surface area (Å²) < 4.78 is 0. The fraction of sp³-hybridized carbons (Fsp3) is 0.471. The zero-order valence-corrected chi connectivity index (χ0v) is 12.6. The second-order valence-electron chi connectivity index (χ2n) is 6.59. The lowest BCUT2D eigenvalue weighted by molar-refractivity contribution is -0.112. The van der Waals surface area contributed by atoms with Crippen LogP contribution in [0.1, 0.15) is 12.8 Å². The highest BCUT2D eigenvalue weighted by Crippen LogP contribution is 2.46. The normalized spacial score (nSPS) is 33.1. The molecule has 5 rings (SSSR count). The Morgan fingerprint density at radius 2 is 1.81 bits per heavy atom. The third-order valence-corrected chi connectivity index (χ3v) is 5.31. The maximum Gasteiger partial charge on any atom is 0.248 e. The molecule has 3 saturated heterocycles. The molecule has 4 aliphatic rings. The summed E-state index contributed by atoms with van der Waals surface area (Å²) in [4.78, 5) is 14.8. The second-order valence-corrected chi connectivity index (χ2v) is 7.03. The molecule has 1 amide bonds. The van der Waals surface area contributed by atoms with Crippen LogP contribution in [-0.4, -0.2) is 30.4 Å². The number of hydrogen-bond acceptors (Lipinski definition) is 2. The van der Waals surface area contributed by atoms with Gasteiger partial charge in [0.05, 0.1) is 0 Å². The molecule has 4 bridgehead atoms. The minimum Gasteiger partial charge on any atom is -0.323 e. The van der Waals surface area contributed by atoms with Crippen molar-refractivity contribution in [2.24, 2.45) is 17.8 Å². The first-order valence-electron chi connectivity index (χ1n) is 7.68. The first kappa shape index (κ1) is 13.4. The lowest BCUT2D eigenvalue weighted by atomic mass is 9.65. The average molecular weight is 303 g/mol. The van der Waals surface area contributed by atoms with Crippen molar-refractivity contribution in [3.63, 3.8) is 0 Å². The molecule has 3 heterocycles. The molecule has 1 aromatic carbocycles. The number of carbonyl (C=O) groups is 1. The number of nitrogens with one attached hydrogen (secondary N) is 1. The van der Waals surface area contributed by atoms with Crippen LogP contribution in [0.5, 0.6) is 0 Å². The van der Waals surface area contributed by atoms with Crippen molar-refractivity contribution >= 4 is 23.2 Å². The first-order chi connectivity index (χ1) is 10.2. The fourth-order valence-corrected chi connectivity index (χ4v) is 4.45. The number of piperidine rings is 3. The second kappa shape index (κ2) is 5.15. The minimum atomic E-state index is -0.00482. The molecule has 3 aliphatic heterocycles. The van der Waals surface area contributed by atoms with Gasteiger partial charge in [-0.05, 0) is 54.9 Å². The lowest BCUT2D eigenvalue weighted by Gasteiger charge is -2.53. The van der Waals surface area contributed by atoms with Crippen LogP contribution in [-0.2, 0) is 4.79 Å². The molecule has 21 heavy (non-hydrogen) atoms. The number of nitrogens with zero attached hydrogens (tertiary/aromatic N) is 1. The molecule has 4 heteroatoms. The zero-order chi connectivity index (χ0) is 14.4.